The number of anilines is 1. The topological polar surface area (TPSA) is 30.5 Å². The van der Waals surface area contributed by atoms with Gasteiger partial charge in [-0.2, -0.15) is 0 Å². The highest BCUT2D eigenvalue weighted by atomic mass is 79.9. The van der Waals surface area contributed by atoms with E-state index in [1.54, 1.807) is 7.11 Å². The molecule has 2 aromatic rings. The first kappa shape index (κ1) is 17.2. The average molecular weight is 429 g/mol. The third kappa shape index (κ3) is 4.65. The first-order valence-electron chi connectivity index (χ1n) is 7.12. The van der Waals surface area contributed by atoms with Crippen LogP contribution in [0.25, 0.3) is 0 Å². The lowest BCUT2D eigenvalue weighted by Gasteiger charge is -2.16. The van der Waals surface area contributed by atoms with Crippen molar-refractivity contribution >= 4 is 37.5 Å². The molecule has 0 spiro atoms. The molecule has 118 valence electrons. The van der Waals surface area contributed by atoms with E-state index in [1.165, 1.54) is 0 Å². The normalized spacial score (nSPS) is 10.4. The van der Waals surface area contributed by atoms with Crippen LogP contribution < -0.4 is 14.8 Å². The van der Waals surface area contributed by atoms with Gasteiger partial charge in [-0.1, -0.05) is 38.8 Å². The lowest BCUT2D eigenvalue weighted by atomic mass is 10.1. The van der Waals surface area contributed by atoms with E-state index in [0.717, 1.165) is 38.1 Å². The Balaban J connectivity index is 2.20. The molecule has 1 N–H and O–H groups in total. The monoisotopic (exact) mass is 427 g/mol. The van der Waals surface area contributed by atoms with Crippen LogP contribution in [0.5, 0.6) is 11.5 Å². The van der Waals surface area contributed by atoms with Crippen molar-refractivity contribution in [3.05, 3.63) is 50.9 Å². The molecule has 2 rings (SSSR count). The van der Waals surface area contributed by atoms with Crippen molar-refractivity contribution in [2.24, 2.45) is 0 Å². The van der Waals surface area contributed by atoms with E-state index >= 15 is 0 Å². The van der Waals surface area contributed by atoms with Crippen LogP contribution in [-0.2, 0) is 6.54 Å². The molecule has 0 bridgehead atoms. The molecule has 0 atom stereocenters. The van der Waals surface area contributed by atoms with Crippen molar-refractivity contribution in [3.8, 4) is 11.5 Å². The van der Waals surface area contributed by atoms with E-state index in [0.29, 0.717) is 13.2 Å². The Labute approximate surface area is 148 Å². The van der Waals surface area contributed by atoms with Gasteiger partial charge in [-0.05, 0) is 42.8 Å². The second kappa shape index (κ2) is 8.44. The summed E-state index contributed by atoms with van der Waals surface area (Å²) in [4.78, 5) is 0. The van der Waals surface area contributed by atoms with E-state index in [9.17, 15) is 0 Å². The predicted molar refractivity (Wildman–Crippen MR) is 97.9 cm³/mol. The lowest BCUT2D eigenvalue weighted by Crippen LogP contribution is -2.06. The quantitative estimate of drug-likeness (QED) is 0.620. The van der Waals surface area contributed by atoms with Crippen molar-refractivity contribution in [1.82, 2.24) is 0 Å². The number of halogens is 2. The average Bonchev–Trinajstić information content (AvgIpc) is 2.52. The van der Waals surface area contributed by atoms with Crippen molar-refractivity contribution in [2.45, 2.75) is 19.9 Å². The highest BCUT2D eigenvalue weighted by Crippen LogP contribution is 2.35. The first-order valence-corrected chi connectivity index (χ1v) is 8.71. The number of benzene rings is 2. The van der Waals surface area contributed by atoms with E-state index < -0.39 is 0 Å². The molecule has 0 aliphatic carbocycles. The van der Waals surface area contributed by atoms with E-state index in [2.05, 4.69) is 50.2 Å². The summed E-state index contributed by atoms with van der Waals surface area (Å²) >= 11 is 6.96. The van der Waals surface area contributed by atoms with Crippen LogP contribution in [0.3, 0.4) is 0 Å². The Hall–Kier alpha value is -1.20. The summed E-state index contributed by atoms with van der Waals surface area (Å²) < 4.78 is 13.4. The van der Waals surface area contributed by atoms with Crippen molar-refractivity contribution in [3.63, 3.8) is 0 Å². The number of hydrogen-bond acceptors (Lipinski definition) is 3. The van der Waals surface area contributed by atoms with Gasteiger partial charge >= 0.3 is 0 Å². The first-order chi connectivity index (χ1) is 10.6. The molecular weight excluding hydrogens is 410 g/mol. The minimum atomic E-state index is 0.663. The van der Waals surface area contributed by atoms with Crippen molar-refractivity contribution in [1.29, 1.82) is 0 Å². The molecule has 0 aliphatic rings. The van der Waals surface area contributed by atoms with E-state index in [1.807, 2.05) is 30.3 Å². The second-order valence-corrected chi connectivity index (χ2v) is 6.64. The third-order valence-corrected chi connectivity index (χ3v) is 4.08. The van der Waals surface area contributed by atoms with Crippen LogP contribution in [0.2, 0.25) is 0 Å². The number of hydrogen-bond donors (Lipinski definition) is 1. The summed E-state index contributed by atoms with van der Waals surface area (Å²) in [5.41, 5.74) is 2.12. The Morgan fingerprint density at radius 1 is 1.05 bits per heavy atom. The van der Waals surface area contributed by atoms with Crippen LogP contribution in [0.1, 0.15) is 18.9 Å². The smallest absolute Gasteiger partial charge is 0.166 e. The van der Waals surface area contributed by atoms with Crippen LogP contribution in [-0.4, -0.2) is 13.7 Å². The molecule has 0 saturated heterocycles. The van der Waals surface area contributed by atoms with Gasteiger partial charge in [-0.15, -0.1) is 0 Å². The van der Waals surface area contributed by atoms with Gasteiger partial charge in [0.15, 0.2) is 11.5 Å². The summed E-state index contributed by atoms with van der Waals surface area (Å²) in [5, 5.41) is 3.41. The van der Waals surface area contributed by atoms with Crippen LogP contribution in [0.4, 0.5) is 5.69 Å². The van der Waals surface area contributed by atoms with E-state index in [-0.39, 0.29) is 0 Å². The van der Waals surface area contributed by atoms with Crippen molar-refractivity contribution < 1.29 is 9.47 Å². The molecule has 0 unspecified atom stereocenters. The molecule has 0 amide bonds. The van der Waals surface area contributed by atoms with Gasteiger partial charge in [0.2, 0.25) is 0 Å². The fourth-order valence-corrected chi connectivity index (χ4v) is 2.79. The zero-order valence-corrected chi connectivity index (χ0v) is 15.8. The Morgan fingerprint density at radius 3 is 2.41 bits per heavy atom. The summed E-state index contributed by atoms with van der Waals surface area (Å²) in [6, 6.07) is 12.1. The number of rotatable bonds is 7. The lowest BCUT2D eigenvalue weighted by molar-refractivity contribution is 0.291. The molecule has 0 heterocycles. The maximum atomic E-state index is 5.88. The van der Waals surface area contributed by atoms with Crippen LogP contribution >= 0.6 is 31.9 Å². The van der Waals surface area contributed by atoms with Gasteiger partial charge in [-0.3, -0.25) is 0 Å². The Kier molecular flexibility index (Phi) is 6.58. The highest BCUT2D eigenvalue weighted by Gasteiger charge is 2.12. The number of ether oxygens (including phenoxy) is 2. The third-order valence-electron chi connectivity index (χ3n) is 3.09. The number of methoxy groups -OCH3 is 1. The second-order valence-electron chi connectivity index (χ2n) is 4.81. The largest absolute Gasteiger partial charge is 0.493 e. The van der Waals surface area contributed by atoms with Gasteiger partial charge in [0.25, 0.3) is 0 Å². The maximum absolute atomic E-state index is 5.88. The zero-order chi connectivity index (χ0) is 15.9. The maximum Gasteiger partial charge on any atom is 0.166 e. The fraction of sp³-hybridized carbons (Fsp3) is 0.294. The predicted octanol–water partition coefficient (Wildman–Crippen LogP) is 5.62. The van der Waals surface area contributed by atoms with Gasteiger partial charge in [0.05, 0.1) is 13.7 Å². The van der Waals surface area contributed by atoms with E-state index in [4.69, 9.17) is 9.47 Å². The molecule has 0 radical (unpaired) electrons. The minimum Gasteiger partial charge on any atom is -0.493 e. The van der Waals surface area contributed by atoms with Crippen LogP contribution in [0.15, 0.2) is 45.3 Å². The molecule has 0 saturated carbocycles. The molecular formula is C17H19Br2NO2. The SMILES string of the molecule is CCCOc1c(CNc2ccc(Br)cc2)cc(Br)cc1OC. The summed E-state index contributed by atoms with van der Waals surface area (Å²) in [6.45, 7) is 3.42. The standard InChI is InChI=1S/C17H19Br2NO2/c1-3-8-22-17-12(9-14(19)10-16(17)21-2)11-20-15-6-4-13(18)5-7-15/h4-7,9-10,20H,3,8,11H2,1-2H3. The molecule has 0 aromatic heterocycles. The highest BCUT2D eigenvalue weighted by molar-refractivity contribution is 9.10. The van der Waals surface area contributed by atoms with Gasteiger partial charge < -0.3 is 14.8 Å². The molecule has 22 heavy (non-hydrogen) atoms. The zero-order valence-electron chi connectivity index (χ0n) is 12.7. The van der Waals surface area contributed by atoms with Crippen molar-refractivity contribution in [2.75, 3.05) is 19.0 Å². The van der Waals surface area contributed by atoms with Crippen LogP contribution in [0, 0.1) is 0 Å². The fourth-order valence-electron chi connectivity index (χ4n) is 2.04. The molecule has 0 aliphatic heterocycles. The molecule has 5 heteroatoms. The Bertz CT molecular complexity index is 615. The summed E-state index contributed by atoms with van der Waals surface area (Å²) in [6.07, 6.45) is 0.957. The molecule has 2 aromatic carbocycles. The molecule has 0 fully saturated rings. The van der Waals surface area contributed by atoms with Gasteiger partial charge in [-0.25, -0.2) is 0 Å². The van der Waals surface area contributed by atoms with Gasteiger partial charge in [0.1, 0.15) is 0 Å². The Morgan fingerprint density at radius 2 is 1.77 bits per heavy atom. The van der Waals surface area contributed by atoms with Gasteiger partial charge in [0, 0.05) is 26.7 Å². The summed E-state index contributed by atoms with van der Waals surface area (Å²) in [5.74, 6) is 1.55. The minimum absolute atomic E-state index is 0.663. The summed E-state index contributed by atoms with van der Waals surface area (Å²) in [7, 11) is 1.66. The number of nitrogens with one attached hydrogen (secondary N) is 1. The molecule has 3 nitrogen and oxygen atoms in total.